The van der Waals surface area contributed by atoms with Gasteiger partial charge in [-0.1, -0.05) is 62.4 Å². The number of amides is 2. The first kappa shape index (κ1) is 35.5. The Labute approximate surface area is 283 Å². The predicted octanol–water partition coefficient (Wildman–Crippen LogP) is 1.97. The Bertz CT molecular complexity index is 1620. The number of cyclic esters (lactones) is 1. The normalized spacial score (nSPS) is 23.2. The van der Waals surface area contributed by atoms with Crippen molar-refractivity contribution in [2.24, 2.45) is 5.41 Å². The van der Waals surface area contributed by atoms with Gasteiger partial charge in [0.1, 0.15) is 37.8 Å². The fraction of sp³-hybridized carbons (Fsp3) is 0.417. The summed E-state index contributed by atoms with van der Waals surface area (Å²) in [4.78, 5) is 66.6. The van der Waals surface area contributed by atoms with Crippen molar-refractivity contribution in [3.8, 4) is 0 Å². The highest BCUT2D eigenvalue weighted by Gasteiger charge is 2.46. The van der Waals surface area contributed by atoms with Crippen molar-refractivity contribution in [3.63, 3.8) is 0 Å². The van der Waals surface area contributed by atoms with Crippen LogP contribution in [0.4, 0.5) is 0 Å². The molecule has 5 rings (SSSR count). The van der Waals surface area contributed by atoms with Crippen molar-refractivity contribution < 1.29 is 52.8 Å². The Morgan fingerprint density at radius 1 is 1.06 bits per heavy atom. The van der Waals surface area contributed by atoms with E-state index < -0.39 is 65.6 Å². The molecule has 2 aliphatic heterocycles. The number of nitrogens with zero attached hydrogens (tertiary/aromatic N) is 1. The second-order valence-electron chi connectivity index (χ2n) is 12.7. The van der Waals surface area contributed by atoms with E-state index in [1.807, 2.05) is 30.3 Å². The molecule has 2 heterocycles. The highest BCUT2D eigenvalue weighted by molar-refractivity contribution is 5.98. The van der Waals surface area contributed by atoms with Crippen LogP contribution >= 0.6 is 0 Å². The number of likely N-dealkylation sites (N-methyl/N-ethyl adjacent to an activating group) is 1. The molecule has 13 nitrogen and oxygen atoms in total. The molecule has 2 fully saturated rings. The molecule has 5 atom stereocenters. The van der Waals surface area contributed by atoms with Gasteiger partial charge < -0.3 is 39.0 Å². The zero-order valence-corrected chi connectivity index (χ0v) is 27.5. The largest absolute Gasteiger partial charge is 0.462 e. The third-order valence-electron chi connectivity index (χ3n) is 8.63. The lowest BCUT2D eigenvalue weighted by Gasteiger charge is -2.33. The van der Waals surface area contributed by atoms with Gasteiger partial charge in [-0.25, -0.2) is 14.4 Å². The van der Waals surface area contributed by atoms with Crippen molar-refractivity contribution in [2.45, 2.75) is 57.1 Å². The minimum atomic E-state index is -1.05. The number of nitrogens with one attached hydrogen (secondary N) is 1. The minimum absolute atomic E-state index is 0.00659. The Morgan fingerprint density at radius 3 is 2.51 bits per heavy atom. The van der Waals surface area contributed by atoms with Crippen LogP contribution in [0, 0.1) is 5.41 Å². The van der Waals surface area contributed by atoms with Crippen molar-refractivity contribution in [3.05, 3.63) is 89.0 Å². The van der Waals surface area contributed by atoms with Gasteiger partial charge in [0.05, 0.1) is 12.2 Å². The Balaban J connectivity index is 1.30. The number of ether oxygens (including phenoxy) is 5. The van der Waals surface area contributed by atoms with Crippen LogP contribution in [0.2, 0.25) is 0 Å². The summed E-state index contributed by atoms with van der Waals surface area (Å²) >= 11 is 0. The predicted molar refractivity (Wildman–Crippen MR) is 173 cm³/mol. The molecule has 49 heavy (non-hydrogen) atoms. The van der Waals surface area contributed by atoms with Gasteiger partial charge in [-0.3, -0.25) is 9.59 Å². The molecule has 0 radical (unpaired) electrons. The van der Waals surface area contributed by atoms with E-state index in [1.165, 1.54) is 24.1 Å². The highest BCUT2D eigenvalue weighted by Crippen LogP contribution is 2.33. The van der Waals surface area contributed by atoms with E-state index in [9.17, 15) is 29.1 Å². The molecule has 0 spiro atoms. The molecule has 2 aromatic rings. The lowest BCUT2D eigenvalue weighted by molar-refractivity contribution is -0.159. The molecule has 5 unspecified atom stereocenters. The first-order chi connectivity index (χ1) is 23.5. The minimum Gasteiger partial charge on any atom is -0.462 e. The smallest absolute Gasteiger partial charge is 0.348 e. The van der Waals surface area contributed by atoms with Crippen LogP contribution in [-0.2, 0) is 49.3 Å². The molecule has 2 aromatic carbocycles. The summed E-state index contributed by atoms with van der Waals surface area (Å²) < 4.78 is 27.7. The second kappa shape index (κ2) is 15.6. The molecule has 1 aliphatic carbocycles. The first-order valence-corrected chi connectivity index (χ1v) is 16.0. The summed E-state index contributed by atoms with van der Waals surface area (Å²) in [5.41, 5.74) is 0.951. The van der Waals surface area contributed by atoms with Crippen LogP contribution in [0.3, 0.4) is 0 Å². The fourth-order valence-electron chi connectivity index (χ4n) is 5.90. The number of aliphatic hydroxyl groups is 1. The lowest BCUT2D eigenvalue weighted by Crippen LogP contribution is -2.51. The zero-order valence-electron chi connectivity index (χ0n) is 27.5. The molecule has 2 N–H and O–H groups in total. The highest BCUT2D eigenvalue weighted by atomic mass is 16.7. The number of hydrogen-bond donors (Lipinski definition) is 2. The average Bonchev–Trinajstić information content (AvgIpc) is 3.68. The monoisotopic (exact) mass is 676 g/mol. The molecule has 0 aromatic heterocycles. The Kier molecular flexibility index (Phi) is 11.3. The number of carbonyl (C=O) groups excluding carboxylic acids is 5. The topological polar surface area (TPSA) is 167 Å². The summed E-state index contributed by atoms with van der Waals surface area (Å²) in [5.74, 6) is -2.99. The quantitative estimate of drug-likeness (QED) is 0.192. The van der Waals surface area contributed by atoms with Crippen LogP contribution < -0.4 is 5.32 Å². The molecular formula is C36H40N2O11. The van der Waals surface area contributed by atoms with Crippen LogP contribution in [0.5, 0.6) is 0 Å². The van der Waals surface area contributed by atoms with Gasteiger partial charge in [0.2, 0.25) is 17.9 Å². The first-order valence-electron chi connectivity index (χ1n) is 16.0. The van der Waals surface area contributed by atoms with Crippen LogP contribution in [0.1, 0.15) is 41.8 Å². The number of fused-ring (bicyclic) bond motifs is 1. The van der Waals surface area contributed by atoms with Crippen molar-refractivity contribution >= 4 is 35.8 Å². The van der Waals surface area contributed by atoms with E-state index in [2.05, 4.69) is 5.32 Å². The molecule has 260 valence electrons. The van der Waals surface area contributed by atoms with Gasteiger partial charge in [-0.05, 0) is 29.3 Å². The summed E-state index contributed by atoms with van der Waals surface area (Å²) in [5, 5.41) is 11.9. The summed E-state index contributed by atoms with van der Waals surface area (Å²) in [7, 11) is 1.53. The van der Waals surface area contributed by atoms with E-state index in [0.29, 0.717) is 5.56 Å². The average molecular weight is 677 g/mol. The van der Waals surface area contributed by atoms with E-state index in [0.717, 1.165) is 11.6 Å². The van der Waals surface area contributed by atoms with E-state index in [1.54, 1.807) is 38.1 Å². The van der Waals surface area contributed by atoms with Crippen molar-refractivity contribution in [2.75, 3.05) is 33.6 Å². The number of esters is 3. The molecule has 2 amide bonds. The summed E-state index contributed by atoms with van der Waals surface area (Å²) in [6.45, 7) is 3.36. The van der Waals surface area contributed by atoms with Crippen molar-refractivity contribution in [1.29, 1.82) is 0 Å². The zero-order chi connectivity index (χ0) is 35.1. The number of aliphatic hydroxyl groups excluding tert-OH is 1. The maximum Gasteiger partial charge on any atom is 0.348 e. The van der Waals surface area contributed by atoms with E-state index >= 15 is 0 Å². The number of rotatable bonds is 12. The third-order valence-corrected chi connectivity index (χ3v) is 8.63. The Hall–Kier alpha value is -4.85. The van der Waals surface area contributed by atoms with E-state index in [-0.39, 0.29) is 50.5 Å². The molecule has 3 aliphatic rings. The van der Waals surface area contributed by atoms with Gasteiger partial charge >= 0.3 is 17.9 Å². The molecule has 0 bridgehead atoms. The Morgan fingerprint density at radius 2 is 1.80 bits per heavy atom. The second-order valence-corrected chi connectivity index (χ2v) is 12.7. The van der Waals surface area contributed by atoms with Gasteiger partial charge in [0.15, 0.2) is 0 Å². The van der Waals surface area contributed by atoms with E-state index in [4.69, 9.17) is 23.7 Å². The maximum absolute atomic E-state index is 13.9. The lowest BCUT2D eigenvalue weighted by atomic mass is 9.90. The van der Waals surface area contributed by atoms with Gasteiger partial charge in [-0.2, -0.15) is 0 Å². The maximum atomic E-state index is 13.9. The van der Waals surface area contributed by atoms with Crippen LogP contribution in [0.15, 0.2) is 72.3 Å². The molecular weight excluding hydrogens is 636 g/mol. The third kappa shape index (κ3) is 8.42. The number of carbonyl (C=O) groups is 5. The fourth-order valence-corrected chi connectivity index (χ4v) is 5.90. The van der Waals surface area contributed by atoms with Crippen molar-refractivity contribution in [1.82, 2.24) is 10.2 Å². The molecule has 0 saturated carbocycles. The summed E-state index contributed by atoms with van der Waals surface area (Å²) in [6.07, 6.45) is 1.06. The number of benzene rings is 2. The molecule has 2 saturated heterocycles. The SMILES string of the molecule is CN(C(=O)C1=CC2OCOC2C(OC(=O)c2ccccc2C=CC(=O)OC2C(=O)OCC2(C)C)C1)C(Cc1ccccc1)C(=O)NCCO. The van der Waals surface area contributed by atoms with Gasteiger partial charge in [0, 0.05) is 43.5 Å². The molecule has 13 heteroatoms. The van der Waals surface area contributed by atoms with Gasteiger partial charge in [-0.15, -0.1) is 0 Å². The van der Waals surface area contributed by atoms with Gasteiger partial charge in [0.25, 0.3) is 0 Å². The number of hydrogen-bond acceptors (Lipinski definition) is 11. The summed E-state index contributed by atoms with van der Waals surface area (Å²) in [6, 6.07) is 14.8. The van der Waals surface area contributed by atoms with Crippen LogP contribution in [-0.4, -0.2) is 104 Å². The standard InChI is InChI=1S/C36H40N2O11/c1-36(2)20-45-35(44)31(36)49-29(40)14-13-23-11-7-8-12-25(23)34(43)48-28-19-24(18-27-30(28)47-21-46-27)33(42)38(3)26(32(41)37-15-16-39)17-22-9-5-4-6-10-22/h4-14,18,26-28,30-31,39H,15-17,19-21H2,1-3H3,(H,37,41). The van der Waals surface area contributed by atoms with Crippen LogP contribution in [0.25, 0.3) is 6.08 Å².